The van der Waals surface area contributed by atoms with Gasteiger partial charge in [-0.1, -0.05) is 29.8 Å². The van der Waals surface area contributed by atoms with E-state index in [1.54, 1.807) is 20.8 Å². The van der Waals surface area contributed by atoms with Crippen LogP contribution in [0.15, 0.2) is 24.3 Å². The summed E-state index contributed by atoms with van der Waals surface area (Å²) in [6, 6.07) is 7.94. The second kappa shape index (κ2) is 6.58. The van der Waals surface area contributed by atoms with Crippen LogP contribution in [0, 0.1) is 6.92 Å². The highest BCUT2D eigenvalue weighted by molar-refractivity contribution is 5.90. The number of carbonyl (C=O) groups is 2. The van der Waals surface area contributed by atoms with Gasteiger partial charge >= 0.3 is 6.09 Å². The van der Waals surface area contributed by atoms with Crippen LogP contribution in [-0.4, -0.2) is 29.7 Å². The topological polar surface area (TPSA) is 79.5 Å². The summed E-state index contributed by atoms with van der Waals surface area (Å²) >= 11 is 0. The van der Waals surface area contributed by atoms with Crippen molar-refractivity contribution >= 4 is 12.0 Å². The minimum absolute atomic E-state index is 0.254. The van der Waals surface area contributed by atoms with Crippen molar-refractivity contribution in [2.45, 2.75) is 51.7 Å². The molecule has 0 radical (unpaired) electrons. The highest BCUT2D eigenvalue weighted by Gasteiger charge is 2.42. The molecule has 2 amide bonds. The van der Waals surface area contributed by atoms with Crippen LogP contribution < -0.4 is 16.2 Å². The average molecular weight is 319 g/mol. The van der Waals surface area contributed by atoms with Gasteiger partial charge in [0.1, 0.15) is 11.1 Å². The van der Waals surface area contributed by atoms with Crippen LogP contribution in [0.5, 0.6) is 0 Å². The van der Waals surface area contributed by atoms with Gasteiger partial charge in [0.15, 0.2) is 0 Å². The predicted octanol–water partition coefficient (Wildman–Crippen LogP) is 1.83. The van der Waals surface area contributed by atoms with Crippen LogP contribution in [-0.2, 0) is 16.0 Å². The van der Waals surface area contributed by atoms with Gasteiger partial charge in [0.05, 0.1) is 0 Å². The van der Waals surface area contributed by atoms with Crippen molar-refractivity contribution in [1.29, 1.82) is 0 Å². The molecule has 1 aromatic rings. The molecule has 6 heteroatoms. The van der Waals surface area contributed by atoms with Crippen molar-refractivity contribution in [3.63, 3.8) is 0 Å². The van der Waals surface area contributed by atoms with Gasteiger partial charge in [0.25, 0.3) is 5.91 Å². The third-order valence-corrected chi connectivity index (χ3v) is 3.68. The fourth-order valence-electron chi connectivity index (χ4n) is 2.54. The number of rotatable bonds is 3. The summed E-state index contributed by atoms with van der Waals surface area (Å²) in [6.07, 6.45) is 0.327. The maximum absolute atomic E-state index is 12.4. The van der Waals surface area contributed by atoms with Crippen LogP contribution in [0.4, 0.5) is 4.79 Å². The highest BCUT2D eigenvalue weighted by Crippen LogP contribution is 2.21. The molecule has 1 atom stereocenters. The molecular formula is C17H25N3O3. The molecule has 6 nitrogen and oxygen atoms in total. The number of benzene rings is 1. The van der Waals surface area contributed by atoms with E-state index in [1.165, 1.54) is 0 Å². The largest absolute Gasteiger partial charge is 0.444 e. The van der Waals surface area contributed by atoms with Crippen molar-refractivity contribution < 1.29 is 14.3 Å². The number of aryl methyl sites for hydroxylation is 1. The van der Waals surface area contributed by atoms with Gasteiger partial charge in [-0.3, -0.25) is 10.2 Å². The van der Waals surface area contributed by atoms with E-state index in [2.05, 4.69) is 16.2 Å². The fraction of sp³-hybridized carbons (Fsp3) is 0.529. The van der Waals surface area contributed by atoms with Gasteiger partial charge in [-0.15, -0.1) is 0 Å². The molecule has 1 heterocycles. The van der Waals surface area contributed by atoms with Crippen molar-refractivity contribution in [3.05, 3.63) is 35.4 Å². The third kappa shape index (κ3) is 4.69. The summed E-state index contributed by atoms with van der Waals surface area (Å²) < 4.78 is 5.32. The molecule has 1 aliphatic rings. The minimum Gasteiger partial charge on any atom is -0.444 e. The lowest BCUT2D eigenvalue weighted by atomic mass is 9.85. The quantitative estimate of drug-likeness (QED) is 0.794. The molecule has 0 bridgehead atoms. The van der Waals surface area contributed by atoms with Gasteiger partial charge in [-0.2, -0.15) is 0 Å². The first-order chi connectivity index (χ1) is 10.7. The molecule has 1 unspecified atom stereocenters. The zero-order chi connectivity index (χ0) is 17.1. The van der Waals surface area contributed by atoms with E-state index in [0.29, 0.717) is 19.4 Å². The first-order valence-corrected chi connectivity index (χ1v) is 7.80. The fourth-order valence-corrected chi connectivity index (χ4v) is 2.54. The summed E-state index contributed by atoms with van der Waals surface area (Å²) in [5, 5.41) is 2.79. The number of carbonyl (C=O) groups excluding carboxylic acids is 2. The molecule has 0 aromatic heterocycles. The Balaban J connectivity index is 2.20. The van der Waals surface area contributed by atoms with Gasteiger partial charge in [-0.25, -0.2) is 10.2 Å². The van der Waals surface area contributed by atoms with Crippen LogP contribution in [0.25, 0.3) is 0 Å². The number of hydrazine groups is 1. The van der Waals surface area contributed by atoms with Gasteiger partial charge in [-0.05, 0) is 39.7 Å². The molecule has 0 saturated carbocycles. The Morgan fingerprint density at radius 2 is 1.96 bits per heavy atom. The Labute approximate surface area is 136 Å². The lowest BCUT2D eigenvalue weighted by Gasteiger charge is -2.37. The second-order valence-electron chi connectivity index (χ2n) is 7.00. The molecule has 0 spiro atoms. The highest BCUT2D eigenvalue weighted by atomic mass is 16.6. The standard InChI is InChI=1S/C17H25N3O3/c1-12-5-7-13(8-6-12)11-17(9-10-18-20-14(17)21)19-15(22)23-16(2,3)4/h5-8,18H,9-11H2,1-4H3,(H,19,22)(H,20,21). The summed E-state index contributed by atoms with van der Waals surface area (Å²) in [5.74, 6) is -0.254. The number of hydrogen-bond donors (Lipinski definition) is 3. The Morgan fingerprint density at radius 3 is 2.52 bits per heavy atom. The van der Waals surface area contributed by atoms with E-state index in [9.17, 15) is 9.59 Å². The monoisotopic (exact) mass is 319 g/mol. The Hall–Kier alpha value is -2.08. The minimum atomic E-state index is -1.01. The normalized spacial score (nSPS) is 21.5. The average Bonchev–Trinajstić information content (AvgIpc) is 2.42. The summed E-state index contributed by atoms with van der Waals surface area (Å²) in [4.78, 5) is 24.6. The summed E-state index contributed by atoms with van der Waals surface area (Å²) in [6.45, 7) is 7.97. The van der Waals surface area contributed by atoms with E-state index < -0.39 is 17.2 Å². The third-order valence-electron chi connectivity index (χ3n) is 3.68. The molecule has 2 rings (SSSR count). The lowest BCUT2D eigenvalue weighted by molar-refractivity contribution is -0.131. The zero-order valence-corrected chi connectivity index (χ0v) is 14.2. The molecule has 1 aromatic carbocycles. The number of nitrogens with one attached hydrogen (secondary N) is 3. The maximum Gasteiger partial charge on any atom is 0.408 e. The van der Waals surface area contributed by atoms with Crippen LogP contribution in [0.3, 0.4) is 0 Å². The zero-order valence-electron chi connectivity index (χ0n) is 14.2. The Morgan fingerprint density at radius 1 is 1.30 bits per heavy atom. The molecular weight excluding hydrogens is 294 g/mol. The number of hydrogen-bond acceptors (Lipinski definition) is 4. The second-order valence-corrected chi connectivity index (χ2v) is 7.00. The van der Waals surface area contributed by atoms with Gasteiger partial charge in [0.2, 0.25) is 0 Å². The molecule has 1 saturated heterocycles. The first kappa shape index (κ1) is 17.3. The van der Waals surface area contributed by atoms with Crippen molar-refractivity contribution in [1.82, 2.24) is 16.2 Å². The molecule has 3 N–H and O–H groups in total. The number of alkyl carbamates (subject to hydrolysis) is 1. The van der Waals surface area contributed by atoms with Crippen LogP contribution in [0.2, 0.25) is 0 Å². The van der Waals surface area contributed by atoms with Crippen molar-refractivity contribution in [3.8, 4) is 0 Å². The van der Waals surface area contributed by atoms with E-state index in [-0.39, 0.29) is 5.91 Å². The van der Waals surface area contributed by atoms with Crippen molar-refractivity contribution in [2.24, 2.45) is 0 Å². The number of ether oxygens (including phenoxy) is 1. The molecule has 1 aliphatic heterocycles. The predicted molar refractivity (Wildman–Crippen MR) is 87.7 cm³/mol. The lowest BCUT2D eigenvalue weighted by Crippen LogP contribution is -2.67. The summed E-state index contributed by atoms with van der Waals surface area (Å²) in [5.41, 5.74) is 5.94. The van der Waals surface area contributed by atoms with Crippen LogP contribution >= 0.6 is 0 Å². The SMILES string of the molecule is Cc1ccc(CC2(NC(=O)OC(C)(C)C)CCNNC2=O)cc1. The molecule has 23 heavy (non-hydrogen) atoms. The van der Waals surface area contributed by atoms with Crippen molar-refractivity contribution in [2.75, 3.05) is 6.54 Å². The molecule has 0 aliphatic carbocycles. The smallest absolute Gasteiger partial charge is 0.408 e. The van der Waals surface area contributed by atoms with E-state index >= 15 is 0 Å². The van der Waals surface area contributed by atoms with E-state index in [0.717, 1.165) is 11.1 Å². The maximum atomic E-state index is 12.4. The number of amides is 2. The van der Waals surface area contributed by atoms with E-state index in [1.807, 2.05) is 31.2 Å². The molecule has 1 fully saturated rings. The van der Waals surface area contributed by atoms with Gasteiger partial charge < -0.3 is 10.1 Å². The Bertz CT molecular complexity index is 578. The first-order valence-electron chi connectivity index (χ1n) is 7.80. The van der Waals surface area contributed by atoms with Gasteiger partial charge in [0, 0.05) is 13.0 Å². The molecule has 126 valence electrons. The Kier molecular flexibility index (Phi) is 4.94. The summed E-state index contributed by atoms with van der Waals surface area (Å²) in [7, 11) is 0. The van der Waals surface area contributed by atoms with Crippen LogP contribution in [0.1, 0.15) is 38.3 Å². The van der Waals surface area contributed by atoms with E-state index in [4.69, 9.17) is 4.74 Å².